The molecule has 1 aliphatic heterocycles. The number of halogens is 4. The monoisotopic (exact) mass is 444 g/mol. The van der Waals surface area contributed by atoms with Crippen molar-refractivity contribution < 1.29 is 27.4 Å². The van der Waals surface area contributed by atoms with Gasteiger partial charge in [0, 0.05) is 29.7 Å². The Hall–Kier alpha value is -2.29. The summed E-state index contributed by atoms with van der Waals surface area (Å²) in [6.07, 6.45) is -3.27. The van der Waals surface area contributed by atoms with E-state index in [9.17, 15) is 18.0 Å². The first-order chi connectivity index (χ1) is 12.8. The Morgan fingerprint density at radius 2 is 2.07 bits per heavy atom. The molecule has 1 fully saturated rings. The van der Waals surface area contributed by atoms with E-state index < -0.39 is 17.7 Å². The molecule has 0 amide bonds. The van der Waals surface area contributed by atoms with E-state index in [-0.39, 0.29) is 12.0 Å². The van der Waals surface area contributed by atoms with E-state index >= 15 is 0 Å². The summed E-state index contributed by atoms with van der Waals surface area (Å²) in [6.45, 7) is 1.12. The van der Waals surface area contributed by atoms with E-state index in [1.807, 2.05) is 17.0 Å². The third-order valence-electron chi connectivity index (χ3n) is 4.20. The fraction of sp³-hybridized carbons (Fsp3) is 0.333. The Bertz CT molecular complexity index is 828. The number of alkyl halides is 3. The van der Waals surface area contributed by atoms with Crippen molar-refractivity contribution in [2.75, 3.05) is 25.1 Å². The average molecular weight is 445 g/mol. The molecule has 9 heteroatoms. The van der Waals surface area contributed by atoms with Crippen LogP contribution in [0.4, 0.5) is 18.9 Å². The van der Waals surface area contributed by atoms with Gasteiger partial charge in [0.1, 0.15) is 6.10 Å². The molecule has 5 nitrogen and oxygen atoms in total. The molecule has 1 saturated heterocycles. The van der Waals surface area contributed by atoms with E-state index in [4.69, 9.17) is 9.47 Å². The third kappa shape index (κ3) is 4.52. The smallest absolute Gasteiger partial charge is 0.417 e. The normalized spacial score (nSPS) is 17.1. The highest BCUT2D eigenvalue weighted by molar-refractivity contribution is 9.10. The van der Waals surface area contributed by atoms with Gasteiger partial charge in [-0.2, -0.15) is 13.2 Å². The first kappa shape index (κ1) is 19.5. The van der Waals surface area contributed by atoms with Crippen LogP contribution in [0.25, 0.3) is 0 Å². The molecule has 0 N–H and O–H groups in total. The molecule has 1 unspecified atom stereocenters. The maximum atomic E-state index is 12.6. The molecule has 1 aliphatic rings. The lowest BCUT2D eigenvalue weighted by atomic mass is 10.1. The van der Waals surface area contributed by atoms with Gasteiger partial charge in [0.25, 0.3) is 0 Å². The predicted octanol–water partition coefficient (Wildman–Crippen LogP) is 4.31. The van der Waals surface area contributed by atoms with Crippen molar-refractivity contribution >= 4 is 27.6 Å². The number of carbonyl (C=O) groups excluding carboxylic acids is 1. The van der Waals surface area contributed by atoms with Gasteiger partial charge in [0.2, 0.25) is 5.88 Å². The first-order valence-electron chi connectivity index (χ1n) is 8.10. The van der Waals surface area contributed by atoms with Crippen LogP contribution in [0.5, 0.6) is 5.88 Å². The van der Waals surface area contributed by atoms with Crippen LogP contribution in [-0.4, -0.2) is 37.3 Å². The number of anilines is 1. The molecule has 0 spiro atoms. The number of methoxy groups -OCH3 is 1. The molecular formula is C18H16BrF3N2O3. The number of carbonyl (C=O) groups is 1. The van der Waals surface area contributed by atoms with Crippen molar-refractivity contribution in [3.8, 4) is 5.88 Å². The first-order valence-corrected chi connectivity index (χ1v) is 8.90. The quantitative estimate of drug-likeness (QED) is 0.657. The third-order valence-corrected chi connectivity index (χ3v) is 4.69. The molecule has 0 radical (unpaired) electrons. The van der Waals surface area contributed by atoms with Gasteiger partial charge in [-0.25, -0.2) is 9.78 Å². The number of benzene rings is 1. The fourth-order valence-electron chi connectivity index (χ4n) is 2.89. The van der Waals surface area contributed by atoms with Gasteiger partial charge in [-0.3, -0.25) is 0 Å². The summed E-state index contributed by atoms with van der Waals surface area (Å²) in [5, 5.41) is 0. The number of pyridine rings is 1. The summed E-state index contributed by atoms with van der Waals surface area (Å²) >= 11 is 3.34. The zero-order valence-electron chi connectivity index (χ0n) is 14.3. The number of ether oxygens (including phenoxy) is 2. The highest BCUT2D eigenvalue weighted by atomic mass is 79.9. The van der Waals surface area contributed by atoms with Crippen LogP contribution in [0.15, 0.2) is 41.0 Å². The van der Waals surface area contributed by atoms with Gasteiger partial charge in [0.05, 0.1) is 30.5 Å². The molecule has 2 aromatic rings. The second-order valence-electron chi connectivity index (χ2n) is 6.01. The minimum Gasteiger partial charge on any atom is -0.472 e. The molecule has 1 atom stereocenters. The molecule has 0 saturated carbocycles. The summed E-state index contributed by atoms with van der Waals surface area (Å²) in [6, 6.07) is 7.49. The maximum absolute atomic E-state index is 12.6. The van der Waals surface area contributed by atoms with Crippen LogP contribution < -0.4 is 9.64 Å². The Kier molecular flexibility index (Phi) is 5.59. The molecule has 0 aliphatic carbocycles. The second-order valence-corrected chi connectivity index (χ2v) is 6.93. The Morgan fingerprint density at radius 3 is 2.70 bits per heavy atom. The van der Waals surface area contributed by atoms with Crippen LogP contribution in [0.1, 0.15) is 22.3 Å². The summed E-state index contributed by atoms with van der Waals surface area (Å²) in [7, 11) is 1.32. The van der Waals surface area contributed by atoms with Crippen LogP contribution in [0.2, 0.25) is 0 Å². The minimum absolute atomic E-state index is 0.138. The minimum atomic E-state index is -4.43. The Balaban J connectivity index is 1.70. The van der Waals surface area contributed by atoms with Gasteiger partial charge >= 0.3 is 12.1 Å². The lowest BCUT2D eigenvalue weighted by Gasteiger charge is -2.21. The molecule has 144 valence electrons. The Morgan fingerprint density at radius 1 is 1.30 bits per heavy atom. The number of nitrogens with zero attached hydrogens (tertiary/aromatic N) is 2. The SMILES string of the molecule is COC(=O)c1cc(Br)ccc1N1CCC(Oc2ccc(C(F)(F)F)cn2)C1. The lowest BCUT2D eigenvalue weighted by molar-refractivity contribution is -0.137. The van der Waals surface area contributed by atoms with E-state index in [1.54, 1.807) is 6.07 Å². The predicted molar refractivity (Wildman–Crippen MR) is 96.0 cm³/mol. The average Bonchev–Trinajstić information content (AvgIpc) is 3.09. The molecule has 2 heterocycles. The van der Waals surface area contributed by atoms with Crippen LogP contribution in [0.3, 0.4) is 0 Å². The summed E-state index contributed by atoms with van der Waals surface area (Å²) < 4.78 is 49.1. The topological polar surface area (TPSA) is 51.7 Å². The van der Waals surface area contributed by atoms with Crippen LogP contribution >= 0.6 is 15.9 Å². The summed E-state index contributed by atoms with van der Waals surface area (Å²) in [4.78, 5) is 17.7. The highest BCUT2D eigenvalue weighted by Crippen LogP contribution is 2.31. The summed E-state index contributed by atoms with van der Waals surface area (Å²) in [5.41, 5.74) is 0.331. The standard InChI is InChI=1S/C18H16BrF3N2O3/c1-26-17(25)14-8-12(19)3-4-15(14)24-7-6-13(10-24)27-16-5-2-11(9-23-16)18(20,21)22/h2-5,8-9,13H,6-7,10H2,1H3. The zero-order valence-corrected chi connectivity index (χ0v) is 15.9. The second kappa shape index (κ2) is 7.75. The fourth-order valence-corrected chi connectivity index (χ4v) is 3.25. The number of rotatable bonds is 4. The van der Waals surface area contributed by atoms with Crippen molar-refractivity contribution in [1.82, 2.24) is 4.98 Å². The van der Waals surface area contributed by atoms with Gasteiger partial charge in [-0.15, -0.1) is 0 Å². The van der Waals surface area contributed by atoms with Crippen molar-refractivity contribution in [1.29, 1.82) is 0 Å². The van der Waals surface area contributed by atoms with Crippen molar-refractivity contribution in [2.24, 2.45) is 0 Å². The van der Waals surface area contributed by atoms with Gasteiger partial charge in [0.15, 0.2) is 0 Å². The van der Waals surface area contributed by atoms with E-state index in [0.717, 1.165) is 22.4 Å². The number of esters is 1. The van der Waals surface area contributed by atoms with E-state index in [1.165, 1.54) is 13.2 Å². The van der Waals surface area contributed by atoms with Gasteiger partial charge < -0.3 is 14.4 Å². The molecule has 0 bridgehead atoms. The van der Waals surface area contributed by atoms with Gasteiger partial charge in [-0.1, -0.05) is 15.9 Å². The molecule has 3 rings (SSSR count). The highest BCUT2D eigenvalue weighted by Gasteiger charge is 2.31. The van der Waals surface area contributed by atoms with E-state index in [2.05, 4.69) is 20.9 Å². The zero-order chi connectivity index (χ0) is 19.6. The maximum Gasteiger partial charge on any atom is 0.417 e. The molecule has 27 heavy (non-hydrogen) atoms. The summed E-state index contributed by atoms with van der Waals surface area (Å²) in [5.74, 6) is -0.307. The molecule has 1 aromatic carbocycles. The Labute approximate surface area is 162 Å². The van der Waals surface area contributed by atoms with Crippen molar-refractivity contribution in [3.05, 3.63) is 52.1 Å². The van der Waals surface area contributed by atoms with Crippen molar-refractivity contribution in [3.63, 3.8) is 0 Å². The number of hydrogen-bond donors (Lipinski definition) is 0. The van der Waals surface area contributed by atoms with Gasteiger partial charge in [-0.05, 0) is 24.3 Å². The van der Waals surface area contributed by atoms with E-state index in [0.29, 0.717) is 25.1 Å². The number of hydrogen-bond acceptors (Lipinski definition) is 5. The molecule has 1 aromatic heterocycles. The lowest BCUT2D eigenvalue weighted by Crippen LogP contribution is -2.26. The molecular weight excluding hydrogens is 429 g/mol. The van der Waals surface area contributed by atoms with Crippen molar-refractivity contribution in [2.45, 2.75) is 18.7 Å². The number of aromatic nitrogens is 1. The van der Waals surface area contributed by atoms with Crippen LogP contribution in [-0.2, 0) is 10.9 Å². The largest absolute Gasteiger partial charge is 0.472 e. The van der Waals surface area contributed by atoms with Crippen LogP contribution in [0, 0.1) is 0 Å².